The zero-order valence-electron chi connectivity index (χ0n) is 18.2. The van der Waals surface area contributed by atoms with Crippen molar-refractivity contribution in [3.8, 4) is 10.4 Å². The van der Waals surface area contributed by atoms with Crippen LogP contribution < -0.4 is 5.32 Å². The van der Waals surface area contributed by atoms with E-state index < -0.39 is 0 Å². The largest absolute Gasteiger partial charge is 0.359 e. The molecule has 0 unspecified atom stereocenters. The lowest BCUT2D eigenvalue weighted by Crippen LogP contribution is -2.40. The Balaban J connectivity index is 1.25. The van der Waals surface area contributed by atoms with Crippen LogP contribution in [0.1, 0.15) is 34.8 Å². The fourth-order valence-electron chi connectivity index (χ4n) is 4.80. The number of nitrogens with zero attached hydrogens (tertiary/aromatic N) is 3. The number of likely N-dealkylation sites (tertiary alicyclic amines) is 1. The summed E-state index contributed by atoms with van der Waals surface area (Å²) in [6.45, 7) is 3.47. The molecule has 2 aromatic carbocycles. The minimum Gasteiger partial charge on any atom is -0.359 e. The molecule has 1 aliphatic carbocycles. The summed E-state index contributed by atoms with van der Waals surface area (Å²) in [5, 5.41) is 6.00. The maximum absolute atomic E-state index is 13.8. The summed E-state index contributed by atoms with van der Waals surface area (Å²) in [5.41, 5.74) is 2.87. The zero-order valence-corrected chi connectivity index (χ0v) is 20.6. The Bertz CT molecular complexity index is 1350. The Kier molecular flexibility index (Phi) is 5.16. The smallest absolute Gasteiger partial charge is 0.274 e. The highest BCUT2D eigenvalue weighted by molar-refractivity contribution is 7.22. The highest BCUT2D eigenvalue weighted by Gasteiger charge is 2.53. The predicted octanol–water partition coefficient (Wildman–Crippen LogP) is 6.49. The van der Waals surface area contributed by atoms with Gasteiger partial charge in [-0.2, -0.15) is 0 Å². The summed E-state index contributed by atoms with van der Waals surface area (Å²) in [4.78, 5) is 26.2. The SMILES string of the molecule is Cc1nc(C(=O)N2CC3(CC3)C[C@H]2CNc2nc3ccc(Cl)cc3s2)c(-c2ccccc2)s1. The van der Waals surface area contributed by atoms with Gasteiger partial charge in [-0.1, -0.05) is 53.3 Å². The lowest BCUT2D eigenvalue weighted by Gasteiger charge is -2.24. The van der Waals surface area contributed by atoms with Gasteiger partial charge in [0.15, 0.2) is 5.13 Å². The number of thiazole rings is 2. The molecule has 3 heterocycles. The first-order valence-electron chi connectivity index (χ1n) is 11.1. The van der Waals surface area contributed by atoms with Crippen molar-refractivity contribution >= 4 is 55.5 Å². The van der Waals surface area contributed by atoms with Gasteiger partial charge in [0.25, 0.3) is 5.91 Å². The number of halogens is 1. The molecule has 1 aliphatic heterocycles. The number of benzene rings is 2. The number of fused-ring (bicyclic) bond motifs is 1. The molecular weight excluding hydrogens is 472 g/mol. The van der Waals surface area contributed by atoms with E-state index in [-0.39, 0.29) is 11.9 Å². The number of nitrogens with one attached hydrogen (secondary N) is 1. The van der Waals surface area contributed by atoms with Gasteiger partial charge < -0.3 is 10.2 Å². The van der Waals surface area contributed by atoms with Crippen LogP contribution in [0.2, 0.25) is 5.02 Å². The molecular formula is C25H23ClN4OS2. The second-order valence-electron chi connectivity index (χ2n) is 9.08. The molecule has 0 bridgehead atoms. The zero-order chi connectivity index (χ0) is 22.6. The molecule has 5 nitrogen and oxygen atoms in total. The normalized spacial score (nSPS) is 18.8. The standard InChI is InChI=1S/C25H23ClN4OS2/c1-15-28-21(22(32-15)16-5-3-2-4-6-16)23(31)30-14-25(9-10-25)12-18(30)13-27-24-29-19-8-7-17(26)11-20(19)33-24/h2-8,11,18H,9-10,12-14H2,1H3,(H,27,29)/t18-/m0/s1. The predicted molar refractivity (Wildman–Crippen MR) is 137 cm³/mol. The third kappa shape index (κ3) is 4.03. The fraction of sp³-hybridized carbons (Fsp3) is 0.320. The number of carbonyl (C=O) groups is 1. The average molecular weight is 495 g/mol. The molecule has 168 valence electrons. The van der Waals surface area contributed by atoms with Crippen molar-refractivity contribution in [1.82, 2.24) is 14.9 Å². The van der Waals surface area contributed by atoms with E-state index in [0.29, 0.717) is 22.7 Å². The number of amides is 1. The van der Waals surface area contributed by atoms with Gasteiger partial charge >= 0.3 is 0 Å². The van der Waals surface area contributed by atoms with E-state index in [9.17, 15) is 4.79 Å². The molecule has 1 saturated heterocycles. The Morgan fingerprint density at radius 2 is 2.00 bits per heavy atom. The topological polar surface area (TPSA) is 58.1 Å². The molecule has 33 heavy (non-hydrogen) atoms. The Morgan fingerprint density at radius 3 is 2.79 bits per heavy atom. The summed E-state index contributed by atoms with van der Waals surface area (Å²) in [6.07, 6.45) is 3.44. The summed E-state index contributed by atoms with van der Waals surface area (Å²) >= 11 is 9.32. The van der Waals surface area contributed by atoms with Crippen LogP contribution in [0.4, 0.5) is 5.13 Å². The maximum Gasteiger partial charge on any atom is 0.274 e. The Labute approximate surface area is 205 Å². The van der Waals surface area contributed by atoms with Crippen LogP contribution in [0.25, 0.3) is 20.7 Å². The van der Waals surface area contributed by atoms with E-state index in [4.69, 9.17) is 11.6 Å². The van der Waals surface area contributed by atoms with Crippen molar-refractivity contribution in [1.29, 1.82) is 0 Å². The number of aryl methyl sites for hydroxylation is 1. The quantitative estimate of drug-likeness (QED) is 0.344. The summed E-state index contributed by atoms with van der Waals surface area (Å²) in [5.74, 6) is 0.0462. The van der Waals surface area contributed by atoms with Crippen LogP contribution in [-0.2, 0) is 0 Å². The molecule has 1 spiro atoms. The van der Waals surface area contributed by atoms with Gasteiger partial charge in [0.05, 0.1) is 20.1 Å². The highest BCUT2D eigenvalue weighted by atomic mass is 35.5. The van der Waals surface area contributed by atoms with Crippen molar-refractivity contribution in [2.24, 2.45) is 5.41 Å². The first kappa shape index (κ1) is 21.1. The summed E-state index contributed by atoms with van der Waals surface area (Å²) in [6, 6.07) is 16.0. The van der Waals surface area contributed by atoms with E-state index in [1.165, 1.54) is 12.8 Å². The van der Waals surface area contributed by atoms with Gasteiger partial charge in [-0.15, -0.1) is 11.3 Å². The van der Waals surface area contributed by atoms with Crippen LogP contribution >= 0.6 is 34.3 Å². The summed E-state index contributed by atoms with van der Waals surface area (Å²) < 4.78 is 1.06. The van der Waals surface area contributed by atoms with Gasteiger partial charge in [-0.25, -0.2) is 9.97 Å². The van der Waals surface area contributed by atoms with E-state index in [0.717, 1.165) is 43.8 Å². The fourth-order valence-corrected chi connectivity index (χ4v) is 6.86. The third-order valence-electron chi connectivity index (χ3n) is 6.65. The number of hydrogen-bond donors (Lipinski definition) is 1. The first-order valence-corrected chi connectivity index (χ1v) is 13.1. The summed E-state index contributed by atoms with van der Waals surface area (Å²) in [7, 11) is 0. The molecule has 2 fully saturated rings. The van der Waals surface area contributed by atoms with E-state index in [2.05, 4.69) is 32.3 Å². The van der Waals surface area contributed by atoms with Gasteiger partial charge in [-0.3, -0.25) is 4.79 Å². The number of anilines is 1. The molecule has 0 radical (unpaired) electrons. The minimum atomic E-state index is 0.0462. The lowest BCUT2D eigenvalue weighted by atomic mass is 10.0. The maximum atomic E-state index is 13.8. The van der Waals surface area contributed by atoms with Crippen LogP contribution in [0.5, 0.6) is 0 Å². The van der Waals surface area contributed by atoms with Gasteiger partial charge in [-0.05, 0) is 55.4 Å². The molecule has 2 aromatic heterocycles. The molecule has 1 saturated carbocycles. The van der Waals surface area contributed by atoms with Crippen LogP contribution in [0.15, 0.2) is 48.5 Å². The monoisotopic (exact) mass is 494 g/mol. The Morgan fingerprint density at radius 1 is 1.18 bits per heavy atom. The van der Waals surface area contributed by atoms with Crippen LogP contribution in [0, 0.1) is 12.3 Å². The molecule has 6 rings (SSSR count). The van der Waals surface area contributed by atoms with Crippen LogP contribution in [-0.4, -0.2) is 39.9 Å². The minimum absolute atomic E-state index is 0.0462. The second-order valence-corrected chi connectivity index (χ2v) is 11.7. The average Bonchev–Trinajstić information content (AvgIpc) is 3.12. The van der Waals surface area contributed by atoms with Gasteiger partial charge in [0.1, 0.15) is 5.69 Å². The molecule has 1 atom stereocenters. The van der Waals surface area contributed by atoms with Gasteiger partial charge in [0, 0.05) is 24.2 Å². The molecule has 1 N–H and O–H groups in total. The van der Waals surface area contributed by atoms with Crippen molar-refractivity contribution in [2.75, 3.05) is 18.4 Å². The van der Waals surface area contributed by atoms with Crippen molar-refractivity contribution < 1.29 is 4.79 Å². The molecule has 4 aromatic rings. The van der Waals surface area contributed by atoms with E-state index in [1.54, 1.807) is 22.7 Å². The van der Waals surface area contributed by atoms with Crippen molar-refractivity contribution in [2.45, 2.75) is 32.2 Å². The number of rotatable bonds is 5. The number of carbonyl (C=O) groups excluding carboxylic acids is 1. The first-order chi connectivity index (χ1) is 16.0. The highest BCUT2D eigenvalue weighted by Crippen LogP contribution is 2.55. The van der Waals surface area contributed by atoms with Crippen molar-refractivity contribution in [3.05, 3.63) is 64.3 Å². The second kappa shape index (κ2) is 8.08. The van der Waals surface area contributed by atoms with Gasteiger partial charge in [0.2, 0.25) is 0 Å². The van der Waals surface area contributed by atoms with Crippen molar-refractivity contribution in [3.63, 3.8) is 0 Å². The van der Waals surface area contributed by atoms with E-state index >= 15 is 0 Å². The van der Waals surface area contributed by atoms with Crippen LogP contribution in [0.3, 0.4) is 0 Å². The third-order valence-corrected chi connectivity index (χ3v) is 8.88. The Hall–Kier alpha value is -2.48. The number of hydrogen-bond acceptors (Lipinski definition) is 6. The molecule has 8 heteroatoms. The molecule has 1 amide bonds. The molecule has 2 aliphatic rings. The number of aromatic nitrogens is 2. The lowest BCUT2D eigenvalue weighted by molar-refractivity contribution is 0.0733. The van der Waals surface area contributed by atoms with E-state index in [1.807, 2.05) is 43.3 Å².